The highest BCUT2D eigenvalue weighted by atomic mass is 35.5. The minimum Gasteiger partial charge on any atom is -0.480 e. The minimum atomic E-state index is -1.50. The second-order valence-electron chi connectivity index (χ2n) is 3.86. The first kappa shape index (κ1) is 15.7. The molecule has 0 aliphatic heterocycles. The largest absolute Gasteiger partial charge is 0.480 e. The molecule has 1 unspecified atom stereocenters. The van der Waals surface area contributed by atoms with E-state index in [-0.39, 0.29) is 6.42 Å². The van der Waals surface area contributed by atoms with Crippen LogP contribution in [0.5, 0.6) is 0 Å². The molecule has 0 saturated heterocycles. The average molecular weight is 308 g/mol. The zero-order chi connectivity index (χ0) is 14.4. The van der Waals surface area contributed by atoms with Gasteiger partial charge in [-0.2, -0.15) is 0 Å². The number of aliphatic carboxylic acids is 1. The molecule has 19 heavy (non-hydrogen) atoms. The van der Waals surface area contributed by atoms with Crippen molar-refractivity contribution in [3.05, 3.63) is 33.8 Å². The molecule has 2 N–H and O–H groups in total. The Morgan fingerprint density at radius 1 is 1.32 bits per heavy atom. The standard InChI is InChI=1S/C12H12Cl2FNO3/c13-8-3-1-7(5-9(8)14)2-4-11(17)16-10(6-15)12(18)19/h1,3,5,10H,2,4,6H2,(H,16,17)(H,18,19). The number of hydrogen-bond acceptors (Lipinski definition) is 2. The quantitative estimate of drug-likeness (QED) is 0.848. The summed E-state index contributed by atoms with van der Waals surface area (Å²) in [7, 11) is 0. The smallest absolute Gasteiger partial charge is 0.328 e. The topological polar surface area (TPSA) is 66.4 Å². The normalized spacial score (nSPS) is 11.9. The van der Waals surface area contributed by atoms with E-state index in [0.29, 0.717) is 16.5 Å². The number of halogens is 3. The molecule has 1 rings (SSSR count). The van der Waals surface area contributed by atoms with E-state index in [2.05, 4.69) is 5.32 Å². The van der Waals surface area contributed by atoms with Gasteiger partial charge < -0.3 is 10.4 Å². The first-order valence-corrected chi connectivity index (χ1v) is 6.21. The SMILES string of the molecule is O=C(CCc1ccc(Cl)c(Cl)c1)NC(CF)C(=O)O. The van der Waals surface area contributed by atoms with Crippen LogP contribution in [0.2, 0.25) is 10.0 Å². The summed E-state index contributed by atoms with van der Waals surface area (Å²) in [6.45, 7) is -1.14. The van der Waals surface area contributed by atoms with Crippen LogP contribution in [-0.2, 0) is 16.0 Å². The van der Waals surface area contributed by atoms with E-state index in [1.807, 2.05) is 0 Å². The number of benzene rings is 1. The number of aryl methyl sites for hydroxylation is 1. The van der Waals surface area contributed by atoms with Crippen molar-refractivity contribution in [2.75, 3.05) is 6.67 Å². The number of hydrogen-bond donors (Lipinski definition) is 2. The third-order valence-electron chi connectivity index (χ3n) is 2.41. The maximum absolute atomic E-state index is 12.3. The van der Waals surface area contributed by atoms with E-state index in [9.17, 15) is 14.0 Å². The number of carboxylic acid groups (broad SMARTS) is 1. The molecule has 1 atom stereocenters. The van der Waals surface area contributed by atoms with Crippen molar-refractivity contribution >= 4 is 35.1 Å². The van der Waals surface area contributed by atoms with Gasteiger partial charge in [0, 0.05) is 6.42 Å². The lowest BCUT2D eigenvalue weighted by Gasteiger charge is -2.10. The number of carbonyl (C=O) groups is 2. The first-order valence-electron chi connectivity index (χ1n) is 5.46. The van der Waals surface area contributed by atoms with E-state index in [1.54, 1.807) is 18.2 Å². The summed E-state index contributed by atoms with van der Waals surface area (Å²) in [4.78, 5) is 22.0. The Hall–Kier alpha value is -1.33. The molecule has 0 aliphatic rings. The Kier molecular flexibility index (Phi) is 6.05. The Bertz CT molecular complexity index is 482. The van der Waals surface area contributed by atoms with Crippen LogP contribution >= 0.6 is 23.2 Å². The van der Waals surface area contributed by atoms with E-state index < -0.39 is 24.6 Å². The highest BCUT2D eigenvalue weighted by molar-refractivity contribution is 6.42. The van der Waals surface area contributed by atoms with Crippen molar-refractivity contribution in [1.82, 2.24) is 5.32 Å². The van der Waals surface area contributed by atoms with Crippen LogP contribution in [0.4, 0.5) is 4.39 Å². The van der Waals surface area contributed by atoms with Gasteiger partial charge in [0.1, 0.15) is 6.67 Å². The number of amides is 1. The predicted octanol–water partition coefficient (Wildman–Crippen LogP) is 2.46. The highest BCUT2D eigenvalue weighted by Gasteiger charge is 2.19. The second kappa shape index (κ2) is 7.31. The number of rotatable bonds is 6. The number of carbonyl (C=O) groups excluding carboxylic acids is 1. The molecule has 0 heterocycles. The monoisotopic (exact) mass is 307 g/mol. The molecule has 4 nitrogen and oxygen atoms in total. The van der Waals surface area contributed by atoms with Gasteiger partial charge in [-0.3, -0.25) is 4.79 Å². The average Bonchev–Trinajstić information content (AvgIpc) is 2.37. The van der Waals surface area contributed by atoms with Gasteiger partial charge in [-0.25, -0.2) is 9.18 Å². The summed E-state index contributed by atoms with van der Waals surface area (Å²) < 4.78 is 12.3. The summed E-state index contributed by atoms with van der Waals surface area (Å²) in [5.74, 6) is -1.93. The van der Waals surface area contributed by atoms with Crippen molar-refractivity contribution in [2.45, 2.75) is 18.9 Å². The molecule has 7 heteroatoms. The van der Waals surface area contributed by atoms with Crippen LogP contribution < -0.4 is 5.32 Å². The summed E-state index contributed by atoms with van der Waals surface area (Å²) in [5.41, 5.74) is 0.789. The van der Waals surface area contributed by atoms with Crippen molar-refractivity contribution in [3.8, 4) is 0 Å². The molecule has 0 spiro atoms. The number of nitrogens with one attached hydrogen (secondary N) is 1. The molecule has 1 aromatic carbocycles. The summed E-state index contributed by atoms with van der Waals surface area (Å²) >= 11 is 11.6. The molecule has 0 saturated carbocycles. The van der Waals surface area contributed by atoms with Crippen LogP contribution in [0.25, 0.3) is 0 Å². The summed E-state index contributed by atoms with van der Waals surface area (Å²) in [5, 5.41) is 11.5. The van der Waals surface area contributed by atoms with Gasteiger partial charge in [-0.15, -0.1) is 0 Å². The number of carboxylic acids is 1. The van der Waals surface area contributed by atoms with Gasteiger partial charge in [-0.05, 0) is 24.1 Å². The van der Waals surface area contributed by atoms with Gasteiger partial charge in [0.25, 0.3) is 0 Å². The summed E-state index contributed by atoms with van der Waals surface area (Å²) in [6.07, 6.45) is 0.406. The highest BCUT2D eigenvalue weighted by Crippen LogP contribution is 2.23. The van der Waals surface area contributed by atoms with Crippen LogP contribution in [0, 0.1) is 0 Å². The minimum absolute atomic E-state index is 0.0434. The molecular formula is C12H12Cl2FNO3. The summed E-state index contributed by atoms with van der Waals surface area (Å²) in [6, 6.07) is 3.45. The molecular weight excluding hydrogens is 296 g/mol. The Balaban J connectivity index is 2.49. The van der Waals surface area contributed by atoms with Gasteiger partial charge in [0.05, 0.1) is 10.0 Å². The van der Waals surface area contributed by atoms with Crippen molar-refractivity contribution in [2.24, 2.45) is 0 Å². The van der Waals surface area contributed by atoms with E-state index in [0.717, 1.165) is 5.56 Å². The van der Waals surface area contributed by atoms with Crippen molar-refractivity contribution in [1.29, 1.82) is 0 Å². The zero-order valence-electron chi connectivity index (χ0n) is 9.83. The second-order valence-corrected chi connectivity index (χ2v) is 4.68. The van der Waals surface area contributed by atoms with Gasteiger partial charge >= 0.3 is 5.97 Å². The van der Waals surface area contributed by atoms with Crippen LogP contribution in [0.3, 0.4) is 0 Å². The molecule has 0 fully saturated rings. The van der Waals surface area contributed by atoms with Crippen LogP contribution in [0.1, 0.15) is 12.0 Å². The Morgan fingerprint density at radius 3 is 2.53 bits per heavy atom. The van der Waals surface area contributed by atoms with Crippen molar-refractivity contribution in [3.63, 3.8) is 0 Å². The maximum Gasteiger partial charge on any atom is 0.328 e. The fourth-order valence-corrected chi connectivity index (χ4v) is 1.71. The molecule has 104 valence electrons. The van der Waals surface area contributed by atoms with E-state index in [1.165, 1.54) is 0 Å². The number of alkyl halides is 1. The third-order valence-corrected chi connectivity index (χ3v) is 3.15. The van der Waals surface area contributed by atoms with E-state index in [4.69, 9.17) is 28.3 Å². The molecule has 0 aromatic heterocycles. The Morgan fingerprint density at radius 2 is 2.00 bits per heavy atom. The van der Waals surface area contributed by atoms with Crippen LogP contribution in [0.15, 0.2) is 18.2 Å². The van der Waals surface area contributed by atoms with Crippen molar-refractivity contribution < 1.29 is 19.1 Å². The fraction of sp³-hybridized carbons (Fsp3) is 0.333. The maximum atomic E-state index is 12.3. The molecule has 0 bridgehead atoms. The molecule has 1 aromatic rings. The first-order chi connectivity index (χ1) is 8.93. The predicted molar refractivity (Wildman–Crippen MR) is 70.3 cm³/mol. The van der Waals surface area contributed by atoms with Gasteiger partial charge in [-0.1, -0.05) is 29.3 Å². The lowest BCUT2D eigenvalue weighted by Crippen LogP contribution is -2.42. The lowest BCUT2D eigenvalue weighted by atomic mass is 10.1. The van der Waals surface area contributed by atoms with Gasteiger partial charge in [0.15, 0.2) is 6.04 Å². The molecule has 0 radical (unpaired) electrons. The molecule has 0 aliphatic carbocycles. The fourth-order valence-electron chi connectivity index (χ4n) is 1.39. The van der Waals surface area contributed by atoms with Crippen LogP contribution in [-0.4, -0.2) is 29.7 Å². The zero-order valence-corrected chi connectivity index (χ0v) is 11.3. The van der Waals surface area contributed by atoms with Gasteiger partial charge in [0.2, 0.25) is 5.91 Å². The van der Waals surface area contributed by atoms with E-state index >= 15 is 0 Å². The lowest BCUT2D eigenvalue weighted by molar-refractivity contribution is -0.142. The third kappa shape index (κ3) is 5.04. The molecule has 1 amide bonds. The Labute approximate surface area is 119 Å².